The van der Waals surface area contributed by atoms with Crippen molar-refractivity contribution in [1.82, 2.24) is 0 Å². The summed E-state index contributed by atoms with van der Waals surface area (Å²) in [6.45, 7) is 0. The van der Waals surface area contributed by atoms with Crippen LogP contribution in [0.15, 0.2) is 36.4 Å². The SMILES string of the molecule is Bc1ccc(O)c(-c2cc(B)ccc2O)c1. The van der Waals surface area contributed by atoms with Crippen molar-refractivity contribution in [1.29, 1.82) is 0 Å². The van der Waals surface area contributed by atoms with E-state index in [1.165, 1.54) is 0 Å². The maximum Gasteiger partial charge on any atom is 0.139 e. The second kappa shape index (κ2) is 3.97. The van der Waals surface area contributed by atoms with Gasteiger partial charge in [0.15, 0.2) is 0 Å². The Kier molecular flexibility index (Phi) is 2.65. The molecule has 0 aliphatic carbocycles. The van der Waals surface area contributed by atoms with Crippen LogP contribution >= 0.6 is 0 Å². The third-order valence-corrected chi connectivity index (χ3v) is 2.59. The lowest BCUT2D eigenvalue weighted by Crippen LogP contribution is -2.04. The van der Waals surface area contributed by atoms with E-state index < -0.39 is 0 Å². The lowest BCUT2D eigenvalue weighted by Gasteiger charge is -2.09. The number of hydrogen-bond donors (Lipinski definition) is 2. The Morgan fingerprint density at radius 3 is 1.44 bits per heavy atom. The predicted molar refractivity (Wildman–Crippen MR) is 71.6 cm³/mol. The average Bonchev–Trinajstić information content (AvgIpc) is 2.25. The van der Waals surface area contributed by atoms with E-state index in [2.05, 4.69) is 0 Å². The molecule has 16 heavy (non-hydrogen) atoms. The van der Waals surface area contributed by atoms with E-state index in [4.69, 9.17) is 0 Å². The van der Waals surface area contributed by atoms with Crippen LogP contribution in [0.1, 0.15) is 0 Å². The van der Waals surface area contributed by atoms with Gasteiger partial charge >= 0.3 is 0 Å². The summed E-state index contributed by atoms with van der Waals surface area (Å²) in [5.74, 6) is 0.373. The summed E-state index contributed by atoms with van der Waals surface area (Å²) in [7, 11) is 3.91. The molecule has 0 saturated heterocycles. The van der Waals surface area contributed by atoms with Gasteiger partial charge in [-0.05, 0) is 12.1 Å². The highest BCUT2D eigenvalue weighted by atomic mass is 16.3. The summed E-state index contributed by atoms with van der Waals surface area (Å²) >= 11 is 0. The third-order valence-electron chi connectivity index (χ3n) is 2.59. The van der Waals surface area contributed by atoms with Crippen molar-refractivity contribution in [2.75, 3.05) is 0 Å². The fourth-order valence-corrected chi connectivity index (χ4v) is 1.73. The lowest BCUT2D eigenvalue weighted by molar-refractivity contribution is 0.469. The Morgan fingerprint density at radius 1 is 0.688 bits per heavy atom. The molecule has 2 aromatic carbocycles. The van der Waals surface area contributed by atoms with Crippen LogP contribution < -0.4 is 10.9 Å². The molecule has 0 unspecified atom stereocenters. The van der Waals surface area contributed by atoms with Crippen molar-refractivity contribution in [2.45, 2.75) is 0 Å². The number of phenolic OH excluding ortho intramolecular Hbond substituents is 2. The van der Waals surface area contributed by atoms with Gasteiger partial charge in [-0.3, -0.25) is 0 Å². The monoisotopic (exact) mass is 210 g/mol. The van der Waals surface area contributed by atoms with Gasteiger partial charge in [0.2, 0.25) is 0 Å². The van der Waals surface area contributed by atoms with E-state index in [0.717, 1.165) is 10.9 Å². The Hall–Kier alpha value is -1.83. The molecule has 2 rings (SSSR count). The molecule has 0 atom stereocenters. The summed E-state index contributed by atoms with van der Waals surface area (Å²) in [4.78, 5) is 0. The van der Waals surface area contributed by atoms with Crippen LogP contribution in [0, 0.1) is 0 Å². The zero-order valence-electron chi connectivity index (χ0n) is 9.36. The minimum Gasteiger partial charge on any atom is -0.507 e. The molecule has 0 radical (unpaired) electrons. The van der Waals surface area contributed by atoms with E-state index in [9.17, 15) is 10.2 Å². The van der Waals surface area contributed by atoms with Gasteiger partial charge in [0.05, 0.1) is 0 Å². The molecule has 0 saturated carbocycles. The highest BCUT2D eigenvalue weighted by Crippen LogP contribution is 2.33. The smallest absolute Gasteiger partial charge is 0.139 e. The van der Waals surface area contributed by atoms with E-state index in [0.29, 0.717) is 11.1 Å². The van der Waals surface area contributed by atoms with E-state index in [1.54, 1.807) is 12.1 Å². The fourth-order valence-electron chi connectivity index (χ4n) is 1.73. The Morgan fingerprint density at radius 2 is 1.06 bits per heavy atom. The Bertz CT molecular complexity index is 489. The Balaban J connectivity index is 2.66. The van der Waals surface area contributed by atoms with Crippen LogP contribution in [-0.4, -0.2) is 25.9 Å². The molecule has 0 spiro atoms. The van der Waals surface area contributed by atoms with E-state index in [-0.39, 0.29) is 11.5 Å². The first kappa shape index (κ1) is 10.7. The number of hydrogen-bond acceptors (Lipinski definition) is 2. The van der Waals surface area contributed by atoms with E-state index >= 15 is 0 Å². The molecular formula is C12H12B2O2. The van der Waals surface area contributed by atoms with Gasteiger partial charge in [-0.25, -0.2) is 0 Å². The summed E-state index contributed by atoms with van der Waals surface area (Å²) in [6, 6.07) is 10.7. The maximum absolute atomic E-state index is 9.79. The summed E-state index contributed by atoms with van der Waals surface area (Å²) in [5, 5.41) is 19.6. The zero-order valence-corrected chi connectivity index (χ0v) is 9.36. The molecular weight excluding hydrogens is 198 g/mol. The van der Waals surface area contributed by atoms with Crippen molar-refractivity contribution >= 4 is 26.6 Å². The molecule has 2 aromatic rings. The van der Waals surface area contributed by atoms with Crippen LogP contribution in [0.4, 0.5) is 0 Å². The molecule has 0 fully saturated rings. The van der Waals surface area contributed by atoms with Gasteiger partial charge in [0.1, 0.15) is 27.2 Å². The highest BCUT2D eigenvalue weighted by molar-refractivity contribution is 6.33. The first-order valence-corrected chi connectivity index (χ1v) is 5.17. The fraction of sp³-hybridized carbons (Fsp3) is 0. The van der Waals surface area contributed by atoms with Gasteiger partial charge in [0.25, 0.3) is 0 Å². The molecule has 4 heteroatoms. The lowest BCUT2D eigenvalue weighted by atomic mass is 9.88. The molecule has 0 heterocycles. The van der Waals surface area contributed by atoms with Crippen molar-refractivity contribution < 1.29 is 10.2 Å². The van der Waals surface area contributed by atoms with Crippen molar-refractivity contribution in [3.63, 3.8) is 0 Å². The average molecular weight is 210 g/mol. The maximum atomic E-state index is 9.79. The summed E-state index contributed by atoms with van der Waals surface area (Å²) in [6.07, 6.45) is 0. The molecule has 78 valence electrons. The normalized spacial score (nSPS) is 10.2. The van der Waals surface area contributed by atoms with Crippen molar-refractivity contribution in [3.05, 3.63) is 36.4 Å². The van der Waals surface area contributed by atoms with Crippen molar-refractivity contribution in [3.8, 4) is 22.6 Å². The quantitative estimate of drug-likeness (QED) is 0.609. The standard InChI is InChI=1S/C12H12B2O2/c13-7-1-3-11(15)9(5-7)10-6-8(14)2-4-12(10)16/h1-6,15-16H,13-14H2. The topological polar surface area (TPSA) is 40.5 Å². The summed E-state index contributed by atoms with van der Waals surface area (Å²) < 4.78 is 0. The van der Waals surface area contributed by atoms with Crippen molar-refractivity contribution in [2.24, 2.45) is 0 Å². The number of aromatic hydroxyl groups is 2. The molecule has 0 amide bonds. The van der Waals surface area contributed by atoms with Crippen LogP contribution in [0.25, 0.3) is 11.1 Å². The molecule has 0 aromatic heterocycles. The van der Waals surface area contributed by atoms with E-state index in [1.807, 2.05) is 40.0 Å². The third kappa shape index (κ3) is 1.91. The van der Waals surface area contributed by atoms with Crippen LogP contribution in [-0.2, 0) is 0 Å². The molecule has 2 N–H and O–H groups in total. The second-order valence-corrected chi connectivity index (χ2v) is 4.04. The molecule has 0 aliphatic rings. The van der Waals surface area contributed by atoms with Gasteiger partial charge in [-0.2, -0.15) is 0 Å². The molecule has 2 nitrogen and oxygen atoms in total. The molecule has 0 bridgehead atoms. The first-order valence-electron chi connectivity index (χ1n) is 5.17. The van der Waals surface area contributed by atoms with Gasteiger partial charge in [0, 0.05) is 11.1 Å². The predicted octanol–water partition coefficient (Wildman–Crippen LogP) is -0.718. The number of phenols is 2. The number of rotatable bonds is 1. The summed E-state index contributed by atoms with van der Waals surface area (Å²) in [5.41, 5.74) is 3.44. The highest BCUT2D eigenvalue weighted by Gasteiger charge is 2.09. The van der Waals surface area contributed by atoms with Gasteiger partial charge in [-0.1, -0.05) is 35.2 Å². The van der Waals surface area contributed by atoms with Crippen LogP contribution in [0.5, 0.6) is 11.5 Å². The van der Waals surface area contributed by atoms with Crippen LogP contribution in [0.2, 0.25) is 0 Å². The van der Waals surface area contributed by atoms with Gasteiger partial charge in [-0.15, -0.1) is 0 Å². The zero-order chi connectivity index (χ0) is 11.7. The largest absolute Gasteiger partial charge is 0.507 e. The molecule has 0 aliphatic heterocycles. The minimum absolute atomic E-state index is 0.187. The van der Waals surface area contributed by atoms with Gasteiger partial charge < -0.3 is 10.2 Å². The number of benzene rings is 2. The second-order valence-electron chi connectivity index (χ2n) is 4.04. The minimum atomic E-state index is 0.187. The first-order chi connectivity index (χ1) is 7.58. The Labute approximate surface area is 96.4 Å². The van der Waals surface area contributed by atoms with Crippen LogP contribution in [0.3, 0.4) is 0 Å².